The van der Waals surface area contributed by atoms with Crippen LogP contribution in [0.1, 0.15) is 13.8 Å². The van der Waals surface area contributed by atoms with Crippen LogP contribution in [0.5, 0.6) is 0 Å². The molecule has 0 radical (unpaired) electrons. The third-order valence-electron chi connectivity index (χ3n) is 2.35. The van der Waals surface area contributed by atoms with Crippen LogP contribution in [0.3, 0.4) is 0 Å². The first-order valence-electron chi connectivity index (χ1n) is 5.14. The summed E-state index contributed by atoms with van der Waals surface area (Å²) in [7, 11) is 1.74. The van der Waals surface area contributed by atoms with E-state index in [4.69, 9.17) is 4.74 Å². The molecule has 1 aliphatic rings. The standard InChI is InChI=1S/C10H18N2O3/c1-8(2)15-7-10(14)12-5-4-11(3)9(13)6-12/h8H,4-7H2,1-3H3. The van der Waals surface area contributed by atoms with Crippen molar-refractivity contribution in [2.24, 2.45) is 0 Å². The van der Waals surface area contributed by atoms with Crippen LogP contribution >= 0.6 is 0 Å². The molecule has 0 atom stereocenters. The largest absolute Gasteiger partial charge is 0.369 e. The lowest BCUT2D eigenvalue weighted by Crippen LogP contribution is -2.51. The molecular weight excluding hydrogens is 196 g/mol. The molecule has 0 N–H and O–H groups in total. The Morgan fingerprint density at radius 3 is 2.67 bits per heavy atom. The van der Waals surface area contributed by atoms with E-state index in [0.717, 1.165) is 0 Å². The van der Waals surface area contributed by atoms with E-state index in [0.29, 0.717) is 13.1 Å². The minimum absolute atomic E-state index is 0.0147. The highest BCUT2D eigenvalue weighted by Gasteiger charge is 2.24. The zero-order valence-electron chi connectivity index (χ0n) is 9.52. The molecule has 1 aliphatic heterocycles. The Labute approximate surface area is 90.0 Å². The maximum atomic E-state index is 11.6. The van der Waals surface area contributed by atoms with Gasteiger partial charge in [0.25, 0.3) is 0 Å². The Morgan fingerprint density at radius 1 is 1.47 bits per heavy atom. The van der Waals surface area contributed by atoms with Gasteiger partial charge in [0.2, 0.25) is 11.8 Å². The van der Waals surface area contributed by atoms with Crippen molar-refractivity contribution in [3.8, 4) is 0 Å². The molecular formula is C10H18N2O3. The molecule has 86 valence electrons. The number of amides is 2. The second-order valence-electron chi connectivity index (χ2n) is 3.99. The topological polar surface area (TPSA) is 49.9 Å². The first kappa shape index (κ1) is 12.0. The summed E-state index contributed by atoms with van der Waals surface area (Å²) in [6, 6.07) is 0. The van der Waals surface area contributed by atoms with Crippen molar-refractivity contribution in [3.05, 3.63) is 0 Å². The van der Waals surface area contributed by atoms with E-state index < -0.39 is 0 Å². The highest BCUT2D eigenvalue weighted by atomic mass is 16.5. The molecule has 1 heterocycles. The third-order valence-corrected chi connectivity index (χ3v) is 2.35. The van der Waals surface area contributed by atoms with Crippen LogP contribution < -0.4 is 0 Å². The molecule has 0 aliphatic carbocycles. The van der Waals surface area contributed by atoms with E-state index in [-0.39, 0.29) is 31.1 Å². The van der Waals surface area contributed by atoms with E-state index in [1.54, 1.807) is 16.8 Å². The molecule has 1 saturated heterocycles. The molecule has 0 saturated carbocycles. The number of hydrogen-bond acceptors (Lipinski definition) is 3. The van der Waals surface area contributed by atoms with Gasteiger partial charge in [0.1, 0.15) is 6.61 Å². The number of nitrogens with zero attached hydrogens (tertiary/aromatic N) is 2. The maximum absolute atomic E-state index is 11.6. The summed E-state index contributed by atoms with van der Waals surface area (Å²) in [5.41, 5.74) is 0. The first-order valence-corrected chi connectivity index (χ1v) is 5.14. The maximum Gasteiger partial charge on any atom is 0.249 e. The summed E-state index contributed by atoms with van der Waals surface area (Å²) in [5, 5.41) is 0. The number of ether oxygens (including phenoxy) is 1. The monoisotopic (exact) mass is 214 g/mol. The molecule has 5 heteroatoms. The van der Waals surface area contributed by atoms with Gasteiger partial charge in [-0.2, -0.15) is 0 Å². The fourth-order valence-corrected chi connectivity index (χ4v) is 1.30. The molecule has 15 heavy (non-hydrogen) atoms. The summed E-state index contributed by atoms with van der Waals surface area (Å²) in [6.07, 6.45) is 0.0390. The summed E-state index contributed by atoms with van der Waals surface area (Å²) in [4.78, 5) is 26.1. The summed E-state index contributed by atoms with van der Waals surface area (Å²) in [6.45, 7) is 5.20. The zero-order chi connectivity index (χ0) is 11.4. The molecule has 0 bridgehead atoms. The van der Waals surface area contributed by atoms with Crippen LogP contribution in [0.4, 0.5) is 0 Å². The number of rotatable bonds is 3. The Hall–Kier alpha value is -1.10. The van der Waals surface area contributed by atoms with Crippen LogP contribution in [0.25, 0.3) is 0 Å². The number of hydrogen-bond donors (Lipinski definition) is 0. The predicted octanol–water partition coefficient (Wildman–Crippen LogP) is -0.288. The van der Waals surface area contributed by atoms with Gasteiger partial charge in [-0.25, -0.2) is 0 Å². The highest BCUT2D eigenvalue weighted by Crippen LogP contribution is 2.02. The Kier molecular flexibility index (Phi) is 4.08. The van der Waals surface area contributed by atoms with E-state index in [1.165, 1.54) is 0 Å². The third kappa shape index (κ3) is 3.51. The molecule has 1 rings (SSSR count). The Morgan fingerprint density at radius 2 is 2.13 bits per heavy atom. The predicted molar refractivity (Wildman–Crippen MR) is 55.3 cm³/mol. The van der Waals surface area contributed by atoms with Crippen molar-refractivity contribution < 1.29 is 14.3 Å². The minimum atomic E-state index is -0.106. The van der Waals surface area contributed by atoms with Crippen molar-refractivity contribution in [1.29, 1.82) is 0 Å². The van der Waals surface area contributed by atoms with Crippen LogP contribution in [0.2, 0.25) is 0 Å². The van der Waals surface area contributed by atoms with Crippen molar-refractivity contribution in [2.45, 2.75) is 20.0 Å². The molecule has 0 spiro atoms. The zero-order valence-corrected chi connectivity index (χ0v) is 9.52. The fourth-order valence-electron chi connectivity index (χ4n) is 1.30. The van der Waals surface area contributed by atoms with Gasteiger partial charge in [-0.05, 0) is 13.8 Å². The van der Waals surface area contributed by atoms with Crippen LogP contribution in [-0.4, -0.2) is 61.0 Å². The average Bonchev–Trinajstić information content (AvgIpc) is 2.18. The van der Waals surface area contributed by atoms with Gasteiger partial charge in [0, 0.05) is 20.1 Å². The van der Waals surface area contributed by atoms with Gasteiger partial charge in [-0.3, -0.25) is 9.59 Å². The van der Waals surface area contributed by atoms with Gasteiger partial charge in [0.15, 0.2) is 0 Å². The number of piperazine rings is 1. The SMILES string of the molecule is CC(C)OCC(=O)N1CCN(C)C(=O)C1. The van der Waals surface area contributed by atoms with Crippen molar-refractivity contribution in [1.82, 2.24) is 9.80 Å². The fraction of sp³-hybridized carbons (Fsp3) is 0.800. The smallest absolute Gasteiger partial charge is 0.249 e. The lowest BCUT2D eigenvalue weighted by molar-refractivity contribution is -0.147. The van der Waals surface area contributed by atoms with Crippen molar-refractivity contribution in [2.75, 3.05) is 33.3 Å². The van der Waals surface area contributed by atoms with Crippen LogP contribution in [0.15, 0.2) is 0 Å². The summed E-state index contributed by atoms with van der Waals surface area (Å²) < 4.78 is 5.20. The Balaban J connectivity index is 2.37. The van der Waals surface area contributed by atoms with E-state index in [1.807, 2.05) is 13.8 Å². The molecule has 0 aromatic carbocycles. The summed E-state index contributed by atoms with van der Waals surface area (Å²) in [5.74, 6) is -0.121. The normalized spacial score (nSPS) is 17.5. The van der Waals surface area contributed by atoms with Crippen LogP contribution in [0, 0.1) is 0 Å². The lowest BCUT2D eigenvalue weighted by Gasteiger charge is -2.32. The van der Waals surface area contributed by atoms with Crippen molar-refractivity contribution in [3.63, 3.8) is 0 Å². The van der Waals surface area contributed by atoms with Gasteiger partial charge in [0.05, 0.1) is 12.6 Å². The Bertz CT molecular complexity index is 253. The van der Waals surface area contributed by atoms with Crippen molar-refractivity contribution >= 4 is 11.8 Å². The van der Waals surface area contributed by atoms with Gasteiger partial charge in [-0.1, -0.05) is 0 Å². The highest BCUT2D eigenvalue weighted by molar-refractivity contribution is 5.86. The van der Waals surface area contributed by atoms with E-state index in [2.05, 4.69) is 0 Å². The average molecular weight is 214 g/mol. The first-order chi connectivity index (χ1) is 7.00. The van der Waals surface area contributed by atoms with E-state index >= 15 is 0 Å². The minimum Gasteiger partial charge on any atom is -0.369 e. The number of likely N-dealkylation sites (N-methyl/N-ethyl adjacent to an activating group) is 1. The van der Waals surface area contributed by atoms with Gasteiger partial charge < -0.3 is 14.5 Å². The second-order valence-corrected chi connectivity index (χ2v) is 3.99. The molecule has 2 amide bonds. The van der Waals surface area contributed by atoms with Gasteiger partial charge >= 0.3 is 0 Å². The summed E-state index contributed by atoms with van der Waals surface area (Å²) >= 11 is 0. The quantitative estimate of drug-likeness (QED) is 0.649. The van der Waals surface area contributed by atoms with E-state index in [9.17, 15) is 9.59 Å². The van der Waals surface area contributed by atoms with Gasteiger partial charge in [-0.15, -0.1) is 0 Å². The lowest BCUT2D eigenvalue weighted by atomic mass is 10.3. The molecule has 0 unspecified atom stereocenters. The number of carbonyl (C=O) groups excluding carboxylic acids is 2. The second kappa shape index (κ2) is 5.11. The molecule has 5 nitrogen and oxygen atoms in total. The van der Waals surface area contributed by atoms with Crippen LogP contribution in [-0.2, 0) is 14.3 Å². The molecule has 1 fully saturated rings. The number of carbonyl (C=O) groups is 2. The molecule has 0 aromatic heterocycles. The molecule has 0 aromatic rings.